The number of hydrogen-bond donors (Lipinski definition) is 1. The van der Waals surface area contributed by atoms with E-state index in [9.17, 15) is 0 Å². The van der Waals surface area contributed by atoms with Crippen molar-refractivity contribution in [3.8, 4) is 11.3 Å². The first-order valence-corrected chi connectivity index (χ1v) is 6.46. The lowest BCUT2D eigenvalue weighted by Crippen LogP contribution is -2.06. The Balaban J connectivity index is 1.98. The van der Waals surface area contributed by atoms with Gasteiger partial charge >= 0.3 is 0 Å². The Labute approximate surface area is 111 Å². The fourth-order valence-electron chi connectivity index (χ4n) is 1.85. The molecule has 1 N–H and O–H groups in total. The summed E-state index contributed by atoms with van der Waals surface area (Å²) in [5.41, 5.74) is 3.02. The van der Waals surface area contributed by atoms with E-state index in [1.807, 2.05) is 37.4 Å². The lowest BCUT2D eigenvalue weighted by Gasteiger charge is -2.08. The van der Waals surface area contributed by atoms with E-state index in [2.05, 4.69) is 15.3 Å². The molecular weight excluding hydrogens is 246 g/mol. The predicted octanol–water partition coefficient (Wildman–Crippen LogP) is 3.68. The minimum absolute atomic E-state index is 0.555. The third-order valence-corrected chi connectivity index (χ3v) is 3.22. The Bertz CT molecular complexity index is 579. The molecule has 0 radical (unpaired) electrons. The Morgan fingerprint density at radius 2 is 2.17 bits per heavy atom. The van der Waals surface area contributed by atoms with E-state index < -0.39 is 0 Å². The number of nitrogens with one attached hydrogen (secondary N) is 1. The summed E-state index contributed by atoms with van der Waals surface area (Å²) >= 11 is 6.02. The number of aromatic nitrogens is 2. The van der Waals surface area contributed by atoms with E-state index in [0.29, 0.717) is 12.0 Å². The van der Waals surface area contributed by atoms with Gasteiger partial charge in [0.2, 0.25) is 5.95 Å². The highest BCUT2D eigenvalue weighted by Gasteiger charge is 2.22. The fraction of sp³-hybridized carbons (Fsp3) is 0.286. The molecule has 4 heteroatoms. The Kier molecular flexibility index (Phi) is 2.92. The standard InChI is InChI=1S/C14H14ClN3/c1-9-8-16-14(17-12-5-6-12)18-13(9)10-3-2-4-11(15)7-10/h2-4,7-8,12H,5-6H2,1H3,(H,16,17,18). The number of hydrogen-bond acceptors (Lipinski definition) is 3. The summed E-state index contributed by atoms with van der Waals surface area (Å²) in [7, 11) is 0. The van der Waals surface area contributed by atoms with Crippen LogP contribution in [0.15, 0.2) is 30.5 Å². The van der Waals surface area contributed by atoms with Gasteiger partial charge in [0.25, 0.3) is 0 Å². The van der Waals surface area contributed by atoms with Gasteiger partial charge in [-0.05, 0) is 37.5 Å². The van der Waals surface area contributed by atoms with E-state index in [0.717, 1.165) is 21.8 Å². The van der Waals surface area contributed by atoms with Gasteiger partial charge in [-0.15, -0.1) is 0 Å². The second-order valence-corrected chi connectivity index (χ2v) is 5.09. The average molecular weight is 260 g/mol. The molecule has 0 aliphatic heterocycles. The summed E-state index contributed by atoms with van der Waals surface area (Å²) in [5.74, 6) is 0.707. The van der Waals surface area contributed by atoms with E-state index in [1.165, 1.54) is 12.8 Å². The van der Waals surface area contributed by atoms with Crippen LogP contribution in [0, 0.1) is 6.92 Å². The monoisotopic (exact) mass is 259 g/mol. The van der Waals surface area contributed by atoms with Crippen molar-refractivity contribution in [3.63, 3.8) is 0 Å². The number of aryl methyl sites for hydroxylation is 1. The van der Waals surface area contributed by atoms with E-state index >= 15 is 0 Å². The zero-order valence-electron chi connectivity index (χ0n) is 10.2. The van der Waals surface area contributed by atoms with Gasteiger partial charge in [-0.3, -0.25) is 0 Å². The Morgan fingerprint density at radius 1 is 1.33 bits per heavy atom. The van der Waals surface area contributed by atoms with Crippen LogP contribution in [0.4, 0.5) is 5.95 Å². The second kappa shape index (κ2) is 4.58. The van der Waals surface area contributed by atoms with Crippen molar-refractivity contribution >= 4 is 17.5 Å². The zero-order valence-corrected chi connectivity index (χ0v) is 10.9. The number of nitrogens with zero attached hydrogens (tertiary/aromatic N) is 2. The minimum Gasteiger partial charge on any atom is -0.351 e. The second-order valence-electron chi connectivity index (χ2n) is 4.65. The summed E-state index contributed by atoms with van der Waals surface area (Å²) in [6.07, 6.45) is 4.28. The minimum atomic E-state index is 0.555. The number of anilines is 1. The lowest BCUT2D eigenvalue weighted by molar-refractivity contribution is 1.04. The lowest BCUT2D eigenvalue weighted by atomic mass is 10.1. The molecule has 0 bridgehead atoms. The Morgan fingerprint density at radius 3 is 2.89 bits per heavy atom. The van der Waals surface area contributed by atoms with Gasteiger partial charge in [-0.2, -0.15) is 0 Å². The highest BCUT2D eigenvalue weighted by Crippen LogP contribution is 2.27. The first-order valence-electron chi connectivity index (χ1n) is 6.08. The van der Waals surface area contributed by atoms with Gasteiger partial charge in [0.05, 0.1) is 5.69 Å². The van der Waals surface area contributed by atoms with Crippen molar-refractivity contribution < 1.29 is 0 Å². The largest absolute Gasteiger partial charge is 0.351 e. The molecule has 0 unspecified atom stereocenters. The molecule has 1 aromatic carbocycles. The van der Waals surface area contributed by atoms with Gasteiger partial charge in [0, 0.05) is 22.8 Å². The van der Waals surface area contributed by atoms with Crippen molar-refractivity contribution in [2.75, 3.05) is 5.32 Å². The van der Waals surface area contributed by atoms with E-state index in [-0.39, 0.29) is 0 Å². The van der Waals surface area contributed by atoms with Crippen LogP contribution >= 0.6 is 11.6 Å². The quantitative estimate of drug-likeness (QED) is 0.914. The highest BCUT2D eigenvalue weighted by molar-refractivity contribution is 6.30. The molecule has 1 saturated carbocycles. The molecule has 0 saturated heterocycles. The molecule has 0 amide bonds. The number of halogens is 1. The molecule has 1 aromatic heterocycles. The van der Waals surface area contributed by atoms with Crippen molar-refractivity contribution in [2.45, 2.75) is 25.8 Å². The van der Waals surface area contributed by atoms with Crippen LogP contribution in [0.5, 0.6) is 0 Å². The first-order chi connectivity index (χ1) is 8.72. The van der Waals surface area contributed by atoms with Crippen molar-refractivity contribution in [3.05, 3.63) is 41.0 Å². The van der Waals surface area contributed by atoms with Crippen LogP contribution in [-0.4, -0.2) is 16.0 Å². The van der Waals surface area contributed by atoms with E-state index in [1.54, 1.807) is 0 Å². The van der Waals surface area contributed by atoms with Gasteiger partial charge < -0.3 is 5.32 Å². The van der Waals surface area contributed by atoms with Crippen molar-refractivity contribution in [1.82, 2.24) is 9.97 Å². The Hall–Kier alpha value is -1.61. The fourth-order valence-corrected chi connectivity index (χ4v) is 2.04. The smallest absolute Gasteiger partial charge is 0.223 e. The first kappa shape index (κ1) is 11.5. The topological polar surface area (TPSA) is 37.8 Å². The highest BCUT2D eigenvalue weighted by atomic mass is 35.5. The van der Waals surface area contributed by atoms with Crippen LogP contribution in [0.1, 0.15) is 18.4 Å². The zero-order chi connectivity index (χ0) is 12.5. The summed E-state index contributed by atoms with van der Waals surface area (Å²) in [6, 6.07) is 8.30. The van der Waals surface area contributed by atoms with Gasteiger partial charge in [-0.1, -0.05) is 23.7 Å². The molecule has 1 fully saturated rings. The summed E-state index contributed by atoms with van der Waals surface area (Å²) in [4.78, 5) is 8.89. The van der Waals surface area contributed by atoms with E-state index in [4.69, 9.17) is 11.6 Å². The molecule has 2 aromatic rings. The van der Waals surface area contributed by atoms with Gasteiger partial charge in [0.15, 0.2) is 0 Å². The maximum absolute atomic E-state index is 6.02. The molecule has 18 heavy (non-hydrogen) atoms. The summed E-state index contributed by atoms with van der Waals surface area (Å²) in [6.45, 7) is 2.01. The molecule has 0 spiro atoms. The van der Waals surface area contributed by atoms with Crippen LogP contribution in [0.25, 0.3) is 11.3 Å². The maximum Gasteiger partial charge on any atom is 0.223 e. The van der Waals surface area contributed by atoms with Gasteiger partial charge in [0.1, 0.15) is 0 Å². The molecule has 0 atom stereocenters. The maximum atomic E-state index is 6.02. The van der Waals surface area contributed by atoms with Crippen LogP contribution in [-0.2, 0) is 0 Å². The molecular formula is C14H14ClN3. The van der Waals surface area contributed by atoms with Gasteiger partial charge in [-0.25, -0.2) is 9.97 Å². The van der Waals surface area contributed by atoms with Crippen LogP contribution < -0.4 is 5.32 Å². The molecule has 3 nitrogen and oxygen atoms in total. The molecule has 3 rings (SSSR count). The molecule has 1 heterocycles. The summed E-state index contributed by atoms with van der Waals surface area (Å²) < 4.78 is 0. The summed E-state index contributed by atoms with van der Waals surface area (Å²) in [5, 5.41) is 4.04. The van der Waals surface area contributed by atoms with Crippen molar-refractivity contribution in [1.29, 1.82) is 0 Å². The normalized spacial score (nSPS) is 14.6. The molecule has 1 aliphatic rings. The molecule has 1 aliphatic carbocycles. The molecule has 92 valence electrons. The number of rotatable bonds is 3. The average Bonchev–Trinajstić information content (AvgIpc) is 3.15. The van der Waals surface area contributed by atoms with Crippen LogP contribution in [0.3, 0.4) is 0 Å². The SMILES string of the molecule is Cc1cnc(NC2CC2)nc1-c1cccc(Cl)c1. The van der Waals surface area contributed by atoms with Crippen LogP contribution in [0.2, 0.25) is 5.02 Å². The third kappa shape index (κ3) is 2.46. The predicted molar refractivity (Wildman–Crippen MR) is 73.9 cm³/mol. The number of benzene rings is 1. The third-order valence-electron chi connectivity index (χ3n) is 2.98. The van der Waals surface area contributed by atoms with Crippen molar-refractivity contribution in [2.24, 2.45) is 0 Å².